The average Bonchev–Trinajstić information content (AvgIpc) is 2.36. The van der Waals surface area contributed by atoms with Crippen molar-refractivity contribution in [3.05, 3.63) is 29.8 Å². The number of anilines is 1. The predicted octanol–water partition coefficient (Wildman–Crippen LogP) is 1.60. The number of benzene rings is 1. The van der Waals surface area contributed by atoms with Crippen LogP contribution in [-0.4, -0.2) is 24.2 Å². The molecule has 0 spiro atoms. The van der Waals surface area contributed by atoms with Crippen LogP contribution in [0.25, 0.3) is 0 Å². The van der Waals surface area contributed by atoms with Gasteiger partial charge in [0, 0.05) is 18.8 Å². The molecule has 0 fully saturated rings. The zero-order valence-corrected chi connectivity index (χ0v) is 10.5. The van der Waals surface area contributed by atoms with Crippen LogP contribution in [0.4, 0.5) is 5.69 Å². The molecule has 1 unspecified atom stereocenters. The summed E-state index contributed by atoms with van der Waals surface area (Å²) in [5.41, 5.74) is 7.96. The van der Waals surface area contributed by atoms with Gasteiger partial charge in [0.05, 0.1) is 0 Å². The molecule has 1 aromatic rings. The van der Waals surface area contributed by atoms with E-state index in [1.54, 1.807) is 0 Å². The van der Waals surface area contributed by atoms with Crippen LogP contribution in [0.3, 0.4) is 0 Å². The van der Waals surface area contributed by atoms with Crippen molar-refractivity contribution in [1.82, 2.24) is 0 Å². The molecule has 4 N–H and O–H groups in total. The van der Waals surface area contributed by atoms with Crippen molar-refractivity contribution < 1.29 is 5.11 Å². The fourth-order valence-corrected chi connectivity index (χ4v) is 1.32. The van der Waals surface area contributed by atoms with Crippen LogP contribution in [0.15, 0.2) is 29.3 Å². The predicted molar refractivity (Wildman–Crippen MR) is 72.2 cm³/mol. The third-order valence-corrected chi connectivity index (χ3v) is 2.52. The van der Waals surface area contributed by atoms with Gasteiger partial charge in [0.15, 0.2) is 5.96 Å². The van der Waals surface area contributed by atoms with Gasteiger partial charge in [-0.25, -0.2) is 0 Å². The zero-order valence-electron chi connectivity index (χ0n) is 10.5. The SMILES string of the molecule is CCc1ccc(NC(N)=NCC(C)CO)cc1. The van der Waals surface area contributed by atoms with E-state index in [0.717, 1.165) is 12.1 Å². The molecule has 0 saturated heterocycles. The van der Waals surface area contributed by atoms with Gasteiger partial charge in [0.1, 0.15) is 0 Å². The lowest BCUT2D eigenvalue weighted by Gasteiger charge is -2.08. The maximum Gasteiger partial charge on any atom is 0.193 e. The van der Waals surface area contributed by atoms with Crippen LogP contribution in [0.2, 0.25) is 0 Å². The summed E-state index contributed by atoms with van der Waals surface area (Å²) in [7, 11) is 0. The van der Waals surface area contributed by atoms with Gasteiger partial charge < -0.3 is 16.2 Å². The Hall–Kier alpha value is -1.55. The molecule has 0 bridgehead atoms. The molecule has 4 nitrogen and oxygen atoms in total. The number of aliphatic hydroxyl groups excluding tert-OH is 1. The molecule has 1 rings (SSSR count). The molecule has 0 radical (unpaired) electrons. The molecule has 0 aromatic heterocycles. The highest BCUT2D eigenvalue weighted by molar-refractivity contribution is 5.92. The van der Waals surface area contributed by atoms with Gasteiger partial charge in [-0.3, -0.25) is 4.99 Å². The molecule has 0 amide bonds. The van der Waals surface area contributed by atoms with Crippen molar-refractivity contribution >= 4 is 11.6 Å². The number of nitrogens with one attached hydrogen (secondary N) is 1. The quantitative estimate of drug-likeness (QED) is 0.536. The summed E-state index contributed by atoms with van der Waals surface area (Å²) < 4.78 is 0. The molecule has 1 atom stereocenters. The summed E-state index contributed by atoms with van der Waals surface area (Å²) in [6.07, 6.45) is 1.03. The zero-order chi connectivity index (χ0) is 12.7. The number of guanidine groups is 1. The Morgan fingerprint density at radius 2 is 2.06 bits per heavy atom. The van der Waals surface area contributed by atoms with E-state index in [1.165, 1.54) is 5.56 Å². The number of nitrogens with zero attached hydrogens (tertiary/aromatic N) is 1. The minimum Gasteiger partial charge on any atom is -0.396 e. The summed E-state index contributed by atoms with van der Waals surface area (Å²) in [4.78, 5) is 4.16. The number of hydrogen-bond donors (Lipinski definition) is 3. The van der Waals surface area contributed by atoms with Gasteiger partial charge in [0.2, 0.25) is 0 Å². The van der Waals surface area contributed by atoms with Crippen LogP contribution < -0.4 is 11.1 Å². The summed E-state index contributed by atoms with van der Waals surface area (Å²) in [5, 5.41) is 11.9. The number of nitrogens with two attached hydrogens (primary N) is 1. The maximum atomic E-state index is 8.86. The molecule has 0 aliphatic heterocycles. The fourth-order valence-electron chi connectivity index (χ4n) is 1.32. The van der Waals surface area contributed by atoms with Crippen LogP contribution >= 0.6 is 0 Å². The second-order valence-electron chi connectivity index (χ2n) is 4.19. The van der Waals surface area contributed by atoms with Gasteiger partial charge in [-0.2, -0.15) is 0 Å². The Kier molecular flexibility index (Phi) is 5.49. The third-order valence-electron chi connectivity index (χ3n) is 2.52. The topological polar surface area (TPSA) is 70.6 Å². The molecular weight excluding hydrogens is 214 g/mol. The van der Waals surface area contributed by atoms with Crippen LogP contribution in [0.1, 0.15) is 19.4 Å². The molecule has 0 aliphatic carbocycles. The molecule has 1 aromatic carbocycles. The highest BCUT2D eigenvalue weighted by Crippen LogP contribution is 2.09. The van der Waals surface area contributed by atoms with Gasteiger partial charge in [-0.05, 0) is 30.0 Å². The van der Waals surface area contributed by atoms with Gasteiger partial charge in [-0.15, -0.1) is 0 Å². The van der Waals surface area contributed by atoms with Gasteiger partial charge >= 0.3 is 0 Å². The first-order valence-electron chi connectivity index (χ1n) is 5.92. The molecule has 0 saturated carbocycles. The first-order valence-corrected chi connectivity index (χ1v) is 5.92. The first-order chi connectivity index (χ1) is 8.15. The fraction of sp³-hybridized carbons (Fsp3) is 0.462. The number of rotatable bonds is 5. The minimum atomic E-state index is 0.127. The maximum absolute atomic E-state index is 8.86. The number of aliphatic hydroxyl groups is 1. The molecule has 4 heteroatoms. The minimum absolute atomic E-state index is 0.127. The molecule has 17 heavy (non-hydrogen) atoms. The van der Waals surface area contributed by atoms with Crippen molar-refractivity contribution in [3.8, 4) is 0 Å². The number of aryl methyl sites for hydroxylation is 1. The lowest BCUT2D eigenvalue weighted by Crippen LogP contribution is -2.24. The Morgan fingerprint density at radius 1 is 1.41 bits per heavy atom. The normalized spacial score (nSPS) is 13.5. The summed E-state index contributed by atoms with van der Waals surface area (Å²) >= 11 is 0. The smallest absolute Gasteiger partial charge is 0.193 e. The second kappa shape index (κ2) is 6.91. The molecule has 0 aliphatic rings. The molecule has 94 valence electrons. The van der Waals surface area contributed by atoms with Crippen molar-refractivity contribution in [2.24, 2.45) is 16.6 Å². The Bertz CT molecular complexity index is 359. The van der Waals surface area contributed by atoms with Crippen LogP contribution in [-0.2, 0) is 6.42 Å². The molecular formula is C13H21N3O. The van der Waals surface area contributed by atoms with Crippen LogP contribution in [0.5, 0.6) is 0 Å². The second-order valence-corrected chi connectivity index (χ2v) is 4.19. The van der Waals surface area contributed by atoms with Gasteiger partial charge in [0.25, 0.3) is 0 Å². The van der Waals surface area contributed by atoms with Crippen molar-refractivity contribution in [1.29, 1.82) is 0 Å². The first kappa shape index (κ1) is 13.5. The van der Waals surface area contributed by atoms with E-state index in [-0.39, 0.29) is 12.5 Å². The third kappa shape index (κ3) is 4.87. The van der Waals surface area contributed by atoms with Crippen LogP contribution in [0, 0.1) is 5.92 Å². The lowest BCUT2D eigenvalue weighted by atomic mass is 10.1. The highest BCUT2D eigenvalue weighted by Gasteiger charge is 1.99. The Morgan fingerprint density at radius 3 is 2.59 bits per heavy atom. The van der Waals surface area contributed by atoms with Crippen molar-refractivity contribution in [2.45, 2.75) is 20.3 Å². The van der Waals surface area contributed by atoms with E-state index in [9.17, 15) is 0 Å². The van der Waals surface area contributed by atoms with E-state index < -0.39 is 0 Å². The van der Waals surface area contributed by atoms with E-state index in [2.05, 4.69) is 29.4 Å². The largest absolute Gasteiger partial charge is 0.396 e. The Labute approximate surface area is 103 Å². The summed E-state index contributed by atoms with van der Waals surface area (Å²) in [6.45, 7) is 4.70. The standard InChI is InChI=1S/C13H21N3O/c1-3-11-4-6-12(7-5-11)16-13(14)15-8-10(2)9-17/h4-7,10,17H,3,8-9H2,1-2H3,(H3,14,15,16). The van der Waals surface area contributed by atoms with E-state index >= 15 is 0 Å². The summed E-state index contributed by atoms with van der Waals surface area (Å²) in [5.74, 6) is 0.521. The lowest BCUT2D eigenvalue weighted by molar-refractivity contribution is 0.242. The van der Waals surface area contributed by atoms with E-state index in [4.69, 9.17) is 10.8 Å². The monoisotopic (exact) mass is 235 g/mol. The van der Waals surface area contributed by atoms with Crippen molar-refractivity contribution in [2.75, 3.05) is 18.5 Å². The number of hydrogen-bond acceptors (Lipinski definition) is 2. The molecule has 0 heterocycles. The van der Waals surface area contributed by atoms with E-state index in [1.807, 2.05) is 19.1 Å². The van der Waals surface area contributed by atoms with E-state index in [0.29, 0.717) is 12.5 Å². The van der Waals surface area contributed by atoms with Gasteiger partial charge in [-0.1, -0.05) is 26.0 Å². The Balaban J connectivity index is 2.52. The summed E-state index contributed by atoms with van der Waals surface area (Å²) in [6, 6.07) is 8.09. The highest BCUT2D eigenvalue weighted by atomic mass is 16.3. The van der Waals surface area contributed by atoms with Crippen molar-refractivity contribution in [3.63, 3.8) is 0 Å². The number of aliphatic imine (C=N–C) groups is 1. The average molecular weight is 235 g/mol.